The van der Waals surface area contributed by atoms with Crippen LogP contribution in [-0.2, 0) is 0 Å². The van der Waals surface area contributed by atoms with E-state index in [4.69, 9.17) is 0 Å². The number of aryl methyl sites for hydroxylation is 1. The lowest BCUT2D eigenvalue weighted by Crippen LogP contribution is -2.29. The minimum absolute atomic E-state index is 0.0376. The van der Waals surface area contributed by atoms with E-state index < -0.39 is 0 Å². The Hall–Kier alpha value is -1.38. The summed E-state index contributed by atoms with van der Waals surface area (Å²) in [4.78, 5) is 14.2. The number of benzene rings is 1. The van der Waals surface area contributed by atoms with E-state index in [1.54, 1.807) is 13.0 Å². The highest BCUT2D eigenvalue weighted by molar-refractivity contribution is 5.95. The molecule has 0 radical (unpaired) electrons. The summed E-state index contributed by atoms with van der Waals surface area (Å²) in [6, 6.07) is 4.37. The molecule has 18 heavy (non-hydrogen) atoms. The fourth-order valence-corrected chi connectivity index (χ4v) is 2.55. The smallest absolute Gasteiger partial charge is 0.254 e. The topological polar surface area (TPSA) is 20.3 Å². The molecular formula is C15H20FNO. The first-order valence-corrected chi connectivity index (χ1v) is 6.54. The number of amides is 1. The van der Waals surface area contributed by atoms with Crippen LogP contribution in [0.4, 0.5) is 4.39 Å². The van der Waals surface area contributed by atoms with Crippen LogP contribution >= 0.6 is 0 Å². The van der Waals surface area contributed by atoms with E-state index in [1.165, 1.54) is 12.1 Å². The molecule has 2 nitrogen and oxygen atoms in total. The zero-order valence-corrected chi connectivity index (χ0v) is 11.2. The Morgan fingerprint density at radius 2 is 2.17 bits per heavy atom. The van der Waals surface area contributed by atoms with Gasteiger partial charge >= 0.3 is 0 Å². The third-order valence-corrected chi connectivity index (χ3v) is 3.87. The van der Waals surface area contributed by atoms with Crippen LogP contribution in [0, 0.1) is 24.6 Å². The third-order valence-electron chi connectivity index (χ3n) is 3.87. The molecule has 1 amide bonds. The molecule has 0 saturated carbocycles. The summed E-state index contributed by atoms with van der Waals surface area (Å²) in [5.74, 6) is 0.952. The first kappa shape index (κ1) is 13.1. The number of halogens is 1. The first-order chi connectivity index (χ1) is 8.49. The molecule has 1 aliphatic rings. The maximum Gasteiger partial charge on any atom is 0.254 e. The van der Waals surface area contributed by atoms with Gasteiger partial charge in [-0.2, -0.15) is 0 Å². The molecule has 2 rings (SSSR count). The Morgan fingerprint density at radius 3 is 2.72 bits per heavy atom. The monoisotopic (exact) mass is 249 g/mol. The number of hydrogen-bond donors (Lipinski definition) is 0. The summed E-state index contributed by atoms with van der Waals surface area (Å²) < 4.78 is 13.0. The van der Waals surface area contributed by atoms with Crippen molar-refractivity contribution in [2.45, 2.75) is 27.2 Å². The summed E-state index contributed by atoms with van der Waals surface area (Å²) >= 11 is 0. The van der Waals surface area contributed by atoms with Gasteiger partial charge in [-0.1, -0.05) is 13.8 Å². The highest BCUT2D eigenvalue weighted by Crippen LogP contribution is 2.25. The van der Waals surface area contributed by atoms with Crippen molar-refractivity contribution in [2.24, 2.45) is 11.8 Å². The van der Waals surface area contributed by atoms with Crippen LogP contribution < -0.4 is 0 Å². The van der Waals surface area contributed by atoms with Gasteiger partial charge < -0.3 is 4.90 Å². The molecule has 1 heterocycles. The molecule has 0 aromatic heterocycles. The minimum Gasteiger partial charge on any atom is -0.338 e. The van der Waals surface area contributed by atoms with Crippen molar-refractivity contribution < 1.29 is 9.18 Å². The molecule has 1 saturated heterocycles. The SMILES string of the molecule is Cc1cc(F)ccc1C(=O)N1CCC(C(C)C)C1. The van der Waals surface area contributed by atoms with Gasteiger partial charge in [0.2, 0.25) is 0 Å². The van der Waals surface area contributed by atoms with Crippen molar-refractivity contribution in [3.8, 4) is 0 Å². The fraction of sp³-hybridized carbons (Fsp3) is 0.533. The van der Waals surface area contributed by atoms with Gasteiger partial charge in [-0.15, -0.1) is 0 Å². The predicted molar refractivity (Wildman–Crippen MR) is 70.0 cm³/mol. The van der Waals surface area contributed by atoms with Crippen LogP contribution in [0.5, 0.6) is 0 Å². The molecule has 0 N–H and O–H groups in total. The molecule has 0 bridgehead atoms. The van der Waals surface area contributed by atoms with Gasteiger partial charge in [0.1, 0.15) is 5.82 Å². The normalized spacial score (nSPS) is 19.6. The van der Waals surface area contributed by atoms with Gasteiger partial charge in [0, 0.05) is 18.7 Å². The van der Waals surface area contributed by atoms with Crippen molar-refractivity contribution in [1.82, 2.24) is 4.90 Å². The number of carbonyl (C=O) groups is 1. The maximum atomic E-state index is 13.0. The van der Waals surface area contributed by atoms with Crippen molar-refractivity contribution in [3.05, 3.63) is 35.1 Å². The van der Waals surface area contributed by atoms with Crippen LogP contribution in [-0.4, -0.2) is 23.9 Å². The average Bonchev–Trinajstić information content (AvgIpc) is 2.77. The predicted octanol–water partition coefficient (Wildman–Crippen LogP) is 3.25. The molecule has 1 aromatic rings. The van der Waals surface area contributed by atoms with Crippen molar-refractivity contribution in [2.75, 3.05) is 13.1 Å². The second-order valence-electron chi connectivity index (χ2n) is 5.50. The number of carbonyl (C=O) groups excluding carboxylic acids is 1. The average molecular weight is 249 g/mol. The van der Waals surface area contributed by atoms with Crippen LogP contribution in [0.1, 0.15) is 36.2 Å². The standard InChI is InChI=1S/C15H20FNO/c1-10(2)12-6-7-17(9-12)15(18)14-5-4-13(16)8-11(14)3/h4-5,8,10,12H,6-7,9H2,1-3H3. The van der Waals surface area contributed by atoms with E-state index in [2.05, 4.69) is 13.8 Å². The van der Waals surface area contributed by atoms with E-state index >= 15 is 0 Å². The summed E-state index contributed by atoms with van der Waals surface area (Å²) in [6.07, 6.45) is 1.07. The molecule has 3 heteroatoms. The zero-order valence-electron chi connectivity index (χ0n) is 11.2. The zero-order chi connectivity index (χ0) is 13.3. The Labute approximate surface area is 108 Å². The molecule has 0 aliphatic carbocycles. The Morgan fingerprint density at radius 1 is 1.44 bits per heavy atom. The number of hydrogen-bond acceptors (Lipinski definition) is 1. The lowest BCUT2D eigenvalue weighted by molar-refractivity contribution is 0.0783. The second-order valence-corrected chi connectivity index (χ2v) is 5.50. The van der Waals surface area contributed by atoms with Crippen LogP contribution in [0.15, 0.2) is 18.2 Å². The van der Waals surface area contributed by atoms with Crippen LogP contribution in [0.3, 0.4) is 0 Å². The van der Waals surface area contributed by atoms with E-state index in [0.717, 1.165) is 19.5 Å². The Bertz CT molecular complexity index is 456. The first-order valence-electron chi connectivity index (χ1n) is 6.54. The van der Waals surface area contributed by atoms with Gasteiger partial charge in [-0.25, -0.2) is 4.39 Å². The van der Waals surface area contributed by atoms with Gasteiger partial charge in [0.15, 0.2) is 0 Å². The minimum atomic E-state index is -0.287. The fourth-order valence-electron chi connectivity index (χ4n) is 2.55. The van der Waals surface area contributed by atoms with E-state index in [1.807, 2.05) is 4.90 Å². The Balaban J connectivity index is 2.13. The number of rotatable bonds is 2. The molecular weight excluding hydrogens is 229 g/mol. The molecule has 98 valence electrons. The van der Waals surface area contributed by atoms with Gasteiger partial charge in [0.25, 0.3) is 5.91 Å². The largest absolute Gasteiger partial charge is 0.338 e. The van der Waals surface area contributed by atoms with Gasteiger partial charge in [0.05, 0.1) is 0 Å². The highest BCUT2D eigenvalue weighted by atomic mass is 19.1. The third kappa shape index (κ3) is 2.55. The number of likely N-dealkylation sites (tertiary alicyclic amines) is 1. The summed E-state index contributed by atoms with van der Waals surface area (Å²) in [6.45, 7) is 7.82. The number of nitrogens with zero attached hydrogens (tertiary/aromatic N) is 1. The second kappa shape index (κ2) is 5.09. The summed E-state index contributed by atoms with van der Waals surface area (Å²) in [5, 5.41) is 0. The van der Waals surface area contributed by atoms with E-state index in [9.17, 15) is 9.18 Å². The van der Waals surface area contributed by atoms with E-state index in [-0.39, 0.29) is 11.7 Å². The quantitative estimate of drug-likeness (QED) is 0.788. The summed E-state index contributed by atoms with van der Waals surface area (Å²) in [5.41, 5.74) is 1.34. The molecule has 1 aliphatic heterocycles. The van der Waals surface area contributed by atoms with E-state index in [0.29, 0.717) is 23.0 Å². The van der Waals surface area contributed by atoms with Crippen LogP contribution in [0.2, 0.25) is 0 Å². The van der Waals surface area contributed by atoms with Gasteiger partial charge in [-0.3, -0.25) is 4.79 Å². The molecule has 1 aromatic carbocycles. The maximum absolute atomic E-state index is 13.0. The molecule has 1 unspecified atom stereocenters. The van der Waals surface area contributed by atoms with Crippen LogP contribution in [0.25, 0.3) is 0 Å². The summed E-state index contributed by atoms with van der Waals surface area (Å²) in [7, 11) is 0. The molecule has 0 spiro atoms. The van der Waals surface area contributed by atoms with Crippen molar-refractivity contribution >= 4 is 5.91 Å². The van der Waals surface area contributed by atoms with Gasteiger partial charge in [-0.05, 0) is 48.9 Å². The molecule has 1 fully saturated rings. The molecule has 1 atom stereocenters. The van der Waals surface area contributed by atoms with Crippen molar-refractivity contribution in [1.29, 1.82) is 0 Å². The lowest BCUT2D eigenvalue weighted by atomic mass is 9.95. The highest BCUT2D eigenvalue weighted by Gasteiger charge is 2.29. The van der Waals surface area contributed by atoms with Crippen molar-refractivity contribution in [3.63, 3.8) is 0 Å². The lowest BCUT2D eigenvalue weighted by Gasteiger charge is -2.19. The Kier molecular flexibility index (Phi) is 3.69.